The van der Waals surface area contributed by atoms with Gasteiger partial charge in [-0.3, -0.25) is 4.79 Å². The summed E-state index contributed by atoms with van der Waals surface area (Å²) in [5.74, 6) is 0.516. The van der Waals surface area contributed by atoms with Crippen LogP contribution in [0.1, 0.15) is 23.7 Å². The van der Waals surface area contributed by atoms with E-state index in [1.165, 1.54) is 0 Å². The molecule has 1 aromatic carbocycles. The second-order valence-corrected chi connectivity index (χ2v) is 5.19. The van der Waals surface area contributed by atoms with Crippen molar-refractivity contribution in [1.82, 2.24) is 10.3 Å². The highest BCUT2D eigenvalue weighted by atomic mass is 35.5. The summed E-state index contributed by atoms with van der Waals surface area (Å²) in [4.78, 5) is 16.4. The minimum absolute atomic E-state index is 0.0650. The third kappa shape index (κ3) is 2.06. The largest absolute Gasteiger partial charge is 0.349 e. The van der Waals surface area contributed by atoms with E-state index in [4.69, 9.17) is 11.6 Å². The highest BCUT2D eigenvalue weighted by Gasteiger charge is 2.34. The number of pyridine rings is 1. The van der Waals surface area contributed by atoms with Crippen molar-refractivity contribution in [3.05, 3.63) is 41.0 Å². The summed E-state index contributed by atoms with van der Waals surface area (Å²) in [5.41, 5.74) is 1.35. The number of nitrogens with one attached hydrogen (secondary N) is 1. The second kappa shape index (κ2) is 4.25. The first-order valence-corrected chi connectivity index (χ1v) is 6.39. The fraction of sp³-hybridized carbons (Fsp3) is 0.286. The Hall–Kier alpha value is -1.61. The first kappa shape index (κ1) is 11.5. The van der Waals surface area contributed by atoms with E-state index in [9.17, 15) is 4.79 Å². The molecule has 0 radical (unpaired) electrons. The number of carbonyl (C=O) groups is 1. The zero-order valence-electron chi connectivity index (χ0n) is 9.98. The Kier molecular flexibility index (Phi) is 2.71. The second-order valence-electron chi connectivity index (χ2n) is 4.80. The molecule has 1 saturated carbocycles. The molecule has 4 heteroatoms. The molecule has 2 atom stereocenters. The van der Waals surface area contributed by atoms with Crippen LogP contribution in [0.2, 0.25) is 5.15 Å². The maximum atomic E-state index is 12.2. The molecule has 3 rings (SSSR count). The number of fused-ring (bicyclic) bond motifs is 1. The topological polar surface area (TPSA) is 42.0 Å². The van der Waals surface area contributed by atoms with Gasteiger partial charge in [0, 0.05) is 11.4 Å². The number of amides is 1. The molecule has 1 N–H and O–H groups in total. The van der Waals surface area contributed by atoms with Gasteiger partial charge in [0.15, 0.2) is 0 Å². The summed E-state index contributed by atoms with van der Waals surface area (Å²) >= 11 is 5.96. The van der Waals surface area contributed by atoms with Gasteiger partial charge in [0.05, 0.1) is 11.1 Å². The van der Waals surface area contributed by atoms with Crippen LogP contribution in [0.5, 0.6) is 0 Å². The lowest BCUT2D eigenvalue weighted by Gasteiger charge is -2.07. The van der Waals surface area contributed by atoms with Crippen LogP contribution >= 0.6 is 11.6 Å². The molecular weight excluding hydrogens is 248 g/mol. The number of halogens is 1. The first-order valence-electron chi connectivity index (χ1n) is 6.01. The van der Waals surface area contributed by atoms with Crippen molar-refractivity contribution in [3.63, 3.8) is 0 Å². The molecule has 1 aliphatic rings. The average molecular weight is 261 g/mol. The highest BCUT2D eigenvalue weighted by molar-refractivity contribution is 6.30. The van der Waals surface area contributed by atoms with Crippen LogP contribution in [-0.4, -0.2) is 16.9 Å². The zero-order chi connectivity index (χ0) is 12.7. The van der Waals surface area contributed by atoms with Gasteiger partial charge in [-0.05, 0) is 24.5 Å². The maximum Gasteiger partial charge on any atom is 0.252 e. The van der Waals surface area contributed by atoms with Crippen LogP contribution in [0.15, 0.2) is 30.3 Å². The normalized spacial score (nSPS) is 21.9. The molecule has 2 unspecified atom stereocenters. The lowest BCUT2D eigenvalue weighted by molar-refractivity contribution is 0.0951. The SMILES string of the molecule is CC1CC1NC(=O)c1cc(Cl)nc2ccccc12. The minimum Gasteiger partial charge on any atom is -0.349 e. The number of para-hydroxylation sites is 1. The van der Waals surface area contributed by atoms with E-state index < -0.39 is 0 Å². The quantitative estimate of drug-likeness (QED) is 0.844. The summed E-state index contributed by atoms with van der Waals surface area (Å²) in [7, 11) is 0. The predicted octanol–water partition coefficient (Wildman–Crippen LogP) is 3.03. The number of nitrogens with zero attached hydrogens (tertiary/aromatic N) is 1. The number of hydrogen-bond acceptors (Lipinski definition) is 2. The number of hydrogen-bond donors (Lipinski definition) is 1. The van der Waals surface area contributed by atoms with Gasteiger partial charge < -0.3 is 5.32 Å². The molecular formula is C14H13ClN2O. The average Bonchev–Trinajstić information content (AvgIpc) is 3.03. The van der Waals surface area contributed by atoms with Gasteiger partial charge in [-0.15, -0.1) is 0 Å². The van der Waals surface area contributed by atoms with Gasteiger partial charge in [0.1, 0.15) is 5.15 Å². The standard InChI is InChI=1S/C14H13ClN2O/c1-8-6-12(8)17-14(18)10-7-13(15)16-11-5-3-2-4-9(10)11/h2-5,7-8,12H,6H2,1H3,(H,17,18). The Morgan fingerprint density at radius 2 is 2.17 bits per heavy atom. The van der Waals surface area contributed by atoms with Crippen molar-refractivity contribution in [3.8, 4) is 0 Å². The van der Waals surface area contributed by atoms with E-state index >= 15 is 0 Å². The van der Waals surface area contributed by atoms with E-state index in [1.54, 1.807) is 6.07 Å². The van der Waals surface area contributed by atoms with E-state index in [2.05, 4.69) is 17.2 Å². The Bertz CT molecular complexity index is 626. The van der Waals surface area contributed by atoms with Crippen LogP contribution in [-0.2, 0) is 0 Å². The summed E-state index contributed by atoms with van der Waals surface area (Å²) in [6, 6.07) is 9.47. The molecule has 1 heterocycles. The summed E-state index contributed by atoms with van der Waals surface area (Å²) in [6.45, 7) is 2.13. The van der Waals surface area contributed by atoms with Crippen molar-refractivity contribution in [1.29, 1.82) is 0 Å². The third-order valence-electron chi connectivity index (χ3n) is 3.36. The predicted molar refractivity (Wildman–Crippen MR) is 71.8 cm³/mol. The molecule has 0 saturated heterocycles. The van der Waals surface area contributed by atoms with Crippen LogP contribution in [0.3, 0.4) is 0 Å². The van der Waals surface area contributed by atoms with Crippen molar-refractivity contribution in [2.45, 2.75) is 19.4 Å². The number of carbonyl (C=O) groups excluding carboxylic acids is 1. The molecule has 1 aliphatic carbocycles. The Morgan fingerprint density at radius 1 is 1.44 bits per heavy atom. The van der Waals surface area contributed by atoms with Gasteiger partial charge >= 0.3 is 0 Å². The van der Waals surface area contributed by atoms with Gasteiger partial charge in [-0.25, -0.2) is 4.98 Å². The molecule has 3 nitrogen and oxygen atoms in total. The molecule has 1 fully saturated rings. The van der Waals surface area contributed by atoms with Crippen LogP contribution in [0.25, 0.3) is 10.9 Å². The molecule has 1 aromatic heterocycles. The minimum atomic E-state index is -0.0650. The number of benzene rings is 1. The van der Waals surface area contributed by atoms with E-state index in [0.717, 1.165) is 17.3 Å². The van der Waals surface area contributed by atoms with E-state index in [1.807, 2.05) is 24.3 Å². The summed E-state index contributed by atoms with van der Waals surface area (Å²) in [5, 5.41) is 4.20. The fourth-order valence-electron chi connectivity index (χ4n) is 2.10. The van der Waals surface area contributed by atoms with Gasteiger partial charge in [-0.2, -0.15) is 0 Å². The van der Waals surface area contributed by atoms with Crippen molar-refractivity contribution < 1.29 is 4.79 Å². The smallest absolute Gasteiger partial charge is 0.252 e. The molecule has 18 heavy (non-hydrogen) atoms. The van der Waals surface area contributed by atoms with Gasteiger partial charge in [0.2, 0.25) is 0 Å². The zero-order valence-corrected chi connectivity index (χ0v) is 10.7. The van der Waals surface area contributed by atoms with Crippen LogP contribution < -0.4 is 5.32 Å². The molecule has 0 aliphatic heterocycles. The van der Waals surface area contributed by atoms with E-state index in [0.29, 0.717) is 22.7 Å². The lowest BCUT2D eigenvalue weighted by atomic mass is 10.1. The Labute approximate surface area is 110 Å². The van der Waals surface area contributed by atoms with Crippen molar-refractivity contribution >= 4 is 28.4 Å². The highest BCUT2D eigenvalue weighted by Crippen LogP contribution is 2.30. The monoisotopic (exact) mass is 260 g/mol. The third-order valence-corrected chi connectivity index (χ3v) is 3.55. The summed E-state index contributed by atoms with van der Waals surface area (Å²) in [6.07, 6.45) is 1.06. The number of rotatable bonds is 2. The maximum absolute atomic E-state index is 12.2. The van der Waals surface area contributed by atoms with Gasteiger partial charge in [-0.1, -0.05) is 36.7 Å². The van der Waals surface area contributed by atoms with Crippen LogP contribution in [0, 0.1) is 5.92 Å². The molecule has 2 aromatic rings. The molecule has 0 spiro atoms. The first-order chi connectivity index (χ1) is 8.65. The van der Waals surface area contributed by atoms with Crippen molar-refractivity contribution in [2.75, 3.05) is 0 Å². The molecule has 0 bridgehead atoms. The number of aromatic nitrogens is 1. The fourth-order valence-corrected chi connectivity index (χ4v) is 2.30. The van der Waals surface area contributed by atoms with Crippen molar-refractivity contribution in [2.24, 2.45) is 5.92 Å². The summed E-state index contributed by atoms with van der Waals surface area (Å²) < 4.78 is 0. The Morgan fingerprint density at radius 3 is 2.89 bits per heavy atom. The molecule has 1 amide bonds. The van der Waals surface area contributed by atoms with E-state index in [-0.39, 0.29) is 5.91 Å². The Balaban J connectivity index is 2.01. The van der Waals surface area contributed by atoms with Gasteiger partial charge in [0.25, 0.3) is 5.91 Å². The molecule has 92 valence electrons. The lowest BCUT2D eigenvalue weighted by Crippen LogP contribution is -2.26. The van der Waals surface area contributed by atoms with Crippen LogP contribution in [0.4, 0.5) is 0 Å².